The lowest BCUT2D eigenvalue weighted by molar-refractivity contribution is -0.142. The second-order valence-electron chi connectivity index (χ2n) is 8.09. The molecule has 0 saturated carbocycles. The molecule has 0 saturated heterocycles. The predicted octanol–water partition coefficient (Wildman–Crippen LogP) is 1.92. The zero-order chi connectivity index (χ0) is 27.7. The van der Waals surface area contributed by atoms with Gasteiger partial charge in [-0.25, -0.2) is 14.0 Å². The summed E-state index contributed by atoms with van der Waals surface area (Å²) in [7, 11) is 1.12. The number of hydrogen-bond acceptors (Lipinski definition) is 7. The summed E-state index contributed by atoms with van der Waals surface area (Å²) in [5.74, 6) is -3.16. The van der Waals surface area contributed by atoms with E-state index in [-0.39, 0.29) is 18.5 Å². The second-order valence-corrected chi connectivity index (χ2v) is 8.53. The van der Waals surface area contributed by atoms with E-state index in [9.17, 15) is 28.7 Å². The Kier molecular flexibility index (Phi) is 9.71. The van der Waals surface area contributed by atoms with Crippen LogP contribution >= 0.6 is 11.6 Å². The van der Waals surface area contributed by atoms with Crippen molar-refractivity contribution in [1.29, 1.82) is 0 Å². The number of carboxylic acid groups (broad SMARTS) is 1. The number of H-pyrrole nitrogens is 1. The van der Waals surface area contributed by atoms with E-state index in [1.165, 1.54) is 24.4 Å². The van der Waals surface area contributed by atoms with Crippen LogP contribution in [0.3, 0.4) is 0 Å². The highest BCUT2D eigenvalue weighted by molar-refractivity contribution is 6.30. The average Bonchev–Trinajstić information content (AvgIpc) is 3.44. The van der Waals surface area contributed by atoms with Gasteiger partial charge in [0.25, 0.3) is 5.91 Å². The number of carbonyl (C=O) groups excluding carboxylic acids is 3. The van der Waals surface area contributed by atoms with Gasteiger partial charge in [-0.1, -0.05) is 35.9 Å². The zero-order valence-electron chi connectivity index (χ0n) is 20.0. The van der Waals surface area contributed by atoms with Crippen LogP contribution < -0.4 is 16.0 Å². The topological polar surface area (TPSA) is 175 Å². The van der Waals surface area contributed by atoms with Gasteiger partial charge in [0.2, 0.25) is 5.91 Å². The quantitative estimate of drug-likeness (QED) is 0.242. The first kappa shape index (κ1) is 28.1. The highest BCUT2D eigenvalue weighted by Crippen LogP contribution is 2.26. The molecule has 12 nitrogen and oxygen atoms in total. The Morgan fingerprint density at radius 1 is 1.13 bits per heavy atom. The molecule has 2 unspecified atom stereocenters. The molecule has 0 spiro atoms. The van der Waals surface area contributed by atoms with Gasteiger partial charge in [0.1, 0.15) is 18.4 Å². The molecule has 0 aliphatic carbocycles. The fourth-order valence-electron chi connectivity index (χ4n) is 3.56. The normalized spacial score (nSPS) is 12.2. The van der Waals surface area contributed by atoms with Crippen LogP contribution in [0.15, 0.2) is 48.7 Å². The molecule has 38 heavy (non-hydrogen) atoms. The number of amides is 3. The molecule has 5 N–H and O–H groups in total. The Labute approximate surface area is 220 Å². The predicted molar refractivity (Wildman–Crippen MR) is 133 cm³/mol. The summed E-state index contributed by atoms with van der Waals surface area (Å²) < 4.78 is 18.6. The smallest absolute Gasteiger partial charge is 0.407 e. The minimum absolute atomic E-state index is 0.0139. The SMILES string of the molecule is COC(=O)NCC(=O)NC(CC(Cc1ccc(-c2cc(Cl)ccc2F)cc1)NC(=O)c1cn[nH]n1)C(=O)O. The molecule has 0 bridgehead atoms. The zero-order valence-corrected chi connectivity index (χ0v) is 20.8. The molecule has 2 atom stereocenters. The lowest BCUT2D eigenvalue weighted by Crippen LogP contribution is -2.49. The van der Waals surface area contributed by atoms with Gasteiger partial charge >= 0.3 is 12.1 Å². The van der Waals surface area contributed by atoms with Crippen molar-refractivity contribution >= 4 is 35.5 Å². The minimum Gasteiger partial charge on any atom is -0.480 e. The first-order valence-electron chi connectivity index (χ1n) is 11.2. The Bertz CT molecular complexity index is 1290. The van der Waals surface area contributed by atoms with E-state index in [4.69, 9.17) is 11.6 Å². The second kappa shape index (κ2) is 13.1. The van der Waals surface area contributed by atoms with Crippen LogP contribution in [-0.2, 0) is 20.7 Å². The van der Waals surface area contributed by atoms with Crippen molar-refractivity contribution in [3.8, 4) is 11.1 Å². The van der Waals surface area contributed by atoms with Crippen LogP contribution in [0.25, 0.3) is 11.1 Å². The summed E-state index contributed by atoms with van der Waals surface area (Å²) >= 11 is 5.99. The number of nitrogens with zero attached hydrogens (tertiary/aromatic N) is 2. The van der Waals surface area contributed by atoms with E-state index in [2.05, 4.69) is 36.1 Å². The molecule has 0 radical (unpaired) electrons. The standard InChI is InChI=1S/C24H24ClFN6O6/c1-38-24(37)27-12-21(33)30-19(23(35)36)10-16(29-22(34)20-11-28-32-31-20)8-13-2-4-14(5-3-13)17-9-15(25)6-7-18(17)26/h2-7,9,11,16,19H,8,10,12H2,1H3,(H,27,37)(H,29,34)(H,30,33)(H,35,36)(H,28,31,32). The van der Waals surface area contributed by atoms with Gasteiger partial charge in [-0.3, -0.25) is 9.59 Å². The molecule has 1 aromatic heterocycles. The van der Waals surface area contributed by atoms with Gasteiger partial charge in [0, 0.05) is 16.6 Å². The van der Waals surface area contributed by atoms with Crippen molar-refractivity contribution in [2.24, 2.45) is 0 Å². The molecule has 0 aliphatic heterocycles. The summed E-state index contributed by atoms with van der Waals surface area (Å²) in [6.07, 6.45) is 0.316. The number of aromatic amines is 1. The van der Waals surface area contributed by atoms with E-state index in [0.29, 0.717) is 21.7 Å². The van der Waals surface area contributed by atoms with Crippen LogP contribution in [0.1, 0.15) is 22.5 Å². The van der Waals surface area contributed by atoms with E-state index in [0.717, 1.165) is 7.11 Å². The fraction of sp³-hybridized carbons (Fsp3) is 0.250. The van der Waals surface area contributed by atoms with Crippen molar-refractivity contribution in [2.75, 3.05) is 13.7 Å². The molecule has 200 valence electrons. The van der Waals surface area contributed by atoms with E-state index >= 15 is 0 Å². The van der Waals surface area contributed by atoms with Crippen molar-refractivity contribution in [2.45, 2.75) is 24.9 Å². The number of benzene rings is 2. The molecular weight excluding hydrogens is 523 g/mol. The first-order valence-corrected chi connectivity index (χ1v) is 11.6. The molecule has 3 rings (SSSR count). The number of hydrogen-bond donors (Lipinski definition) is 5. The van der Waals surface area contributed by atoms with Crippen LogP contribution in [0, 0.1) is 5.82 Å². The maximum absolute atomic E-state index is 14.2. The summed E-state index contributed by atoms with van der Waals surface area (Å²) in [6, 6.07) is 8.81. The third-order valence-corrected chi connectivity index (χ3v) is 5.63. The average molecular weight is 547 g/mol. The summed E-state index contributed by atoms with van der Waals surface area (Å²) in [6.45, 7) is -0.506. The van der Waals surface area contributed by atoms with Crippen LogP contribution in [-0.4, -0.2) is 70.1 Å². The monoisotopic (exact) mass is 546 g/mol. The van der Waals surface area contributed by atoms with Gasteiger partial charge in [-0.15, -0.1) is 0 Å². The third kappa shape index (κ3) is 8.00. The van der Waals surface area contributed by atoms with Gasteiger partial charge in [0.05, 0.1) is 13.3 Å². The van der Waals surface area contributed by atoms with Gasteiger partial charge in [-0.2, -0.15) is 15.4 Å². The van der Waals surface area contributed by atoms with E-state index in [1.807, 2.05) is 0 Å². The number of halogens is 2. The first-order chi connectivity index (χ1) is 18.2. The largest absolute Gasteiger partial charge is 0.480 e. The summed E-state index contributed by atoms with van der Waals surface area (Å²) in [4.78, 5) is 47.8. The minimum atomic E-state index is -1.40. The maximum Gasteiger partial charge on any atom is 0.407 e. The lowest BCUT2D eigenvalue weighted by Gasteiger charge is -2.23. The number of nitrogens with one attached hydrogen (secondary N) is 4. The number of aromatic nitrogens is 3. The molecule has 0 fully saturated rings. The van der Waals surface area contributed by atoms with Crippen LogP contribution in [0.5, 0.6) is 0 Å². The Balaban J connectivity index is 1.77. The van der Waals surface area contributed by atoms with Crippen molar-refractivity contribution < 1.29 is 33.4 Å². The van der Waals surface area contributed by atoms with Crippen LogP contribution in [0.2, 0.25) is 5.02 Å². The fourth-order valence-corrected chi connectivity index (χ4v) is 3.74. The highest BCUT2D eigenvalue weighted by Gasteiger charge is 2.27. The lowest BCUT2D eigenvalue weighted by atomic mass is 9.96. The number of aliphatic carboxylic acids is 1. The van der Waals surface area contributed by atoms with Gasteiger partial charge in [-0.05, 0) is 42.2 Å². The van der Waals surface area contributed by atoms with Gasteiger partial charge < -0.3 is 25.8 Å². The molecule has 3 amide bonds. The number of methoxy groups -OCH3 is 1. The van der Waals surface area contributed by atoms with Gasteiger partial charge in [0.15, 0.2) is 5.69 Å². The van der Waals surface area contributed by atoms with Crippen molar-refractivity contribution in [3.05, 3.63) is 70.8 Å². The number of carboxylic acids is 1. The Morgan fingerprint density at radius 3 is 2.50 bits per heavy atom. The highest BCUT2D eigenvalue weighted by atomic mass is 35.5. The van der Waals surface area contributed by atoms with Crippen LogP contribution in [0.4, 0.5) is 9.18 Å². The number of alkyl carbamates (subject to hydrolysis) is 1. The molecule has 1 heterocycles. The van der Waals surface area contributed by atoms with Crippen molar-refractivity contribution in [3.63, 3.8) is 0 Å². The summed E-state index contributed by atoms with van der Waals surface area (Å²) in [5.41, 5.74) is 1.57. The molecule has 2 aromatic carbocycles. The Hall–Kier alpha value is -4.52. The third-order valence-electron chi connectivity index (χ3n) is 5.39. The molecule has 0 aliphatic rings. The van der Waals surface area contributed by atoms with E-state index in [1.54, 1.807) is 24.3 Å². The molecule has 3 aromatic rings. The van der Waals surface area contributed by atoms with E-state index < -0.39 is 48.3 Å². The van der Waals surface area contributed by atoms with Crippen molar-refractivity contribution in [1.82, 2.24) is 31.4 Å². The molecular formula is C24H24ClFN6O6. The Morgan fingerprint density at radius 2 is 1.87 bits per heavy atom. The number of rotatable bonds is 11. The molecule has 14 heteroatoms. The maximum atomic E-state index is 14.2. The number of carbonyl (C=O) groups is 4. The number of ether oxygens (including phenoxy) is 1. The summed E-state index contributed by atoms with van der Waals surface area (Å²) in [5, 5.41) is 26.9.